The Morgan fingerprint density at radius 1 is 1.50 bits per heavy atom. The molecule has 3 rings (SSSR count). The van der Waals surface area contributed by atoms with Gasteiger partial charge >= 0.3 is 13.5 Å². The van der Waals surface area contributed by atoms with Gasteiger partial charge in [0.25, 0.3) is 5.56 Å². The van der Waals surface area contributed by atoms with E-state index in [0.29, 0.717) is 6.42 Å². The zero-order valence-corrected chi connectivity index (χ0v) is 16.3. The highest BCUT2D eigenvalue weighted by molar-refractivity contribution is 7.48. The number of phosphoric acid groups is 1. The molecule has 1 N–H and O–H groups in total. The summed E-state index contributed by atoms with van der Waals surface area (Å²) in [5.41, 5.74) is -1.09. The van der Waals surface area contributed by atoms with Crippen LogP contribution < -0.4 is 11.2 Å². The molecule has 3 heterocycles. The summed E-state index contributed by atoms with van der Waals surface area (Å²) < 4.78 is 36.2. The second-order valence-electron chi connectivity index (χ2n) is 6.52. The van der Waals surface area contributed by atoms with E-state index in [1.54, 1.807) is 13.8 Å². The molecule has 0 aromatic carbocycles. The lowest BCUT2D eigenvalue weighted by Gasteiger charge is -2.46. The number of fused-ring (bicyclic) bond motifs is 1. The molecule has 2 aliphatic heterocycles. The predicted molar refractivity (Wildman–Crippen MR) is 93.3 cm³/mol. The summed E-state index contributed by atoms with van der Waals surface area (Å²) in [6.45, 7) is 5.42. The standard InChI is InChI=1S/C15H22ClN2O7P/c1-4-8(2)24-26(21)22-7-10-13(25-26)12(16)9(3)14(23-10)18-6-5-11(19)17-15(18)20/h5-6,8-10,12-14H,4,7H2,1-3H3,(H,17,19,20)/t8-,9+,10-,12+,13-,14-,26+/m1/s1. The number of alkyl halides is 1. The Balaban J connectivity index is 1.81. The Labute approximate surface area is 155 Å². The second kappa shape index (κ2) is 7.58. The summed E-state index contributed by atoms with van der Waals surface area (Å²) in [6, 6.07) is 1.23. The second-order valence-corrected chi connectivity index (χ2v) is 8.60. The van der Waals surface area contributed by atoms with Crippen molar-refractivity contribution in [2.24, 2.45) is 5.92 Å². The third-order valence-corrected chi connectivity index (χ3v) is 6.83. The molecular weight excluding hydrogens is 387 g/mol. The van der Waals surface area contributed by atoms with Crippen molar-refractivity contribution in [1.29, 1.82) is 0 Å². The number of nitrogens with zero attached hydrogens (tertiary/aromatic N) is 1. The maximum atomic E-state index is 12.7. The number of H-pyrrole nitrogens is 1. The molecule has 2 aliphatic rings. The number of phosphoric ester groups is 1. The molecule has 1 aromatic rings. The van der Waals surface area contributed by atoms with Crippen LogP contribution in [-0.4, -0.2) is 39.8 Å². The van der Waals surface area contributed by atoms with E-state index in [0.717, 1.165) is 0 Å². The van der Waals surface area contributed by atoms with E-state index in [2.05, 4.69) is 4.98 Å². The largest absolute Gasteiger partial charge is 0.475 e. The molecule has 11 heteroatoms. The van der Waals surface area contributed by atoms with Gasteiger partial charge in [0.2, 0.25) is 0 Å². The average molecular weight is 409 g/mol. The molecule has 0 radical (unpaired) electrons. The van der Waals surface area contributed by atoms with Crippen LogP contribution in [0, 0.1) is 5.92 Å². The van der Waals surface area contributed by atoms with Crippen molar-refractivity contribution in [3.05, 3.63) is 33.1 Å². The lowest BCUT2D eigenvalue weighted by molar-refractivity contribution is -0.195. The Kier molecular flexibility index (Phi) is 5.77. The van der Waals surface area contributed by atoms with Gasteiger partial charge in [-0.15, -0.1) is 11.6 Å². The van der Waals surface area contributed by atoms with Crippen LogP contribution in [0.5, 0.6) is 0 Å². The number of hydrogen-bond acceptors (Lipinski definition) is 7. The minimum atomic E-state index is -3.73. The number of aromatic amines is 1. The molecule has 0 amide bonds. The maximum absolute atomic E-state index is 12.7. The molecule has 1 aromatic heterocycles. The highest BCUT2D eigenvalue weighted by atomic mass is 35.5. The smallest absolute Gasteiger partial charge is 0.349 e. The van der Waals surface area contributed by atoms with Gasteiger partial charge in [-0.3, -0.25) is 27.9 Å². The molecule has 0 saturated carbocycles. The normalized spacial score (nSPS) is 38.5. The monoisotopic (exact) mass is 408 g/mol. The Hall–Kier alpha value is -0.960. The first-order valence-electron chi connectivity index (χ1n) is 8.46. The zero-order valence-electron chi connectivity index (χ0n) is 14.7. The molecule has 0 spiro atoms. The van der Waals surface area contributed by atoms with Gasteiger partial charge in [0.15, 0.2) is 0 Å². The topological polar surface area (TPSA) is 109 Å². The third kappa shape index (κ3) is 3.83. The quantitative estimate of drug-likeness (QED) is 0.599. The van der Waals surface area contributed by atoms with Gasteiger partial charge < -0.3 is 4.74 Å². The highest BCUT2D eigenvalue weighted by Crippen LogP contribution is 2.57. The van der Waals surface area contributed by atoms with E-state index < -0.39 is 42.9 Å². The minimum Gasteiger partial charge on any atom is -0.349 e. The van der Waals surface area contributed by atoms with E-state index in [9.17, 15) is 14.2 Å². The van der Waals surface area contributed by atoms with Gasteiger partial charge in [0, 0.05) is 18.2 Å². The van der Waals surface area contributed by atoms with E-state index >= 15 is 0 Å². The number of rotatable bonds is 4. The molecule has 2 fully saturated rings. The first-order valence-corrected chi connectivity index (χ1v) is 10.4. The van der Waals surface area contributed by atoms with Crippen LogP contribution in [0.25, 0.3) is 0 Å². The molecule has 0 bridgehead atoms. The number of halogens is 1. The number of aromatic nitrogens is 2. The van der Waals surface area contributed by atoms with Crippen molar-refractivity contribution >= 4 is 19.4 Å². The van der Waals surface area contributed by atoms with Gasteiger partial charge in [-0.2, -0.15) is 0 Å². The minimum absolute atomic E-state index is 0.0388. The number of ether oxygens (including phenoxy) is 1. The van der Waals surface area contributed by atoms with Crippen LogP contribution in [0.4, 0.5) is 0 Å². The molecule has 2 saturated heterocycles. The van der Waals surface area contributed by atoms with Gasteiger partial charge in [0.05, 0.1) is 18.1 Å². The summed E-state index contributed by atoms with van der Waals surface area (Å²) in [5, 5.41) is -0.602. The predicted octanol–water partition coefficient (Wildman–Crippen LogP) is 2.02. The molecule has 0 unspecified atom stereocenters. The molecule has 0 aliphatic carbocycles. The summed E-state index contributed by atoms with van der Waals surface area (Å²) in [4.78, 5) is 25.5. The van der Waals surface area contributed by atoms with Gasteiger partial charge in [-0.05, 0) is 13.3 Å². The van der Waals surface area contributed by atoms with Crippen molar-refractivity contribution in [3.63, 3.8) is 0 Å². The fourth-order valence-corrected chi connectivity index (χ4v) is 5.01. The van der Waals surface area contributed by atoms with Crippen LogP contribution in [0.1, 0.15) is 33.4 Å². The lowest BCUT2D eigenvalue weighted by atomic mass is 9.94. The van der Waals surface area contributed by atoms with Crippen molar-refractivity contribution in [3.8, 4) is 0 Å². The summed E-state index contributed by atoms with van der Waals surface area (Å²) >= 11 is 6.54. The van der Waals surface area contributed by atoms with Crippen LogP contribution in [-0.2, 0) is 22.9 Å². The van der Waals surface area contributed by atoms with Crippen molar-refractivity contribution in [2.45, 2.75) is 57.1 Å². The summed E-state index contributed by atoms with van der Waals surface area (Å²) in [7, 11) is -3.73. The van der Waals surface area contributed by atoms with E-state index in [-0.39, 0.29) is 18.6 Å². The summed E-state index contributed by atoms with van der Waals surface area (Å²) in [5.74, 6) is -0.364. The Bertz CT molecular complexity index is 810. The van der Waals surface area contributed by atoms with Gasteiger partial charge in [-0.1, -0.05) is 13.8 Å². The highest BCUT2D eigenvalue weighted by Gasteiger charge is 2.52. The maximum Gasteiger partial charge on any atom is 0.475 e. The molecule has 7 atom stereocenters. The first kappa shape index (κ1) is 19.8. The van der Waals surface area contributed by atoms with Crippen LogP contribution in [0.3, 0.4) is 0 Å². The molecule has 9 nitrogen and oxygen atoms in total. The number of hydrogen-bond donors (Lipinski definition) is 1. The van der Waals surface area contributed by atoms with E-state index in [1.807, 2.05) is 6.92 Å². The zero-order chi connectivity index (χ0) is 19.1. The molecule has 26 heavy (non-hydrogen) atoms. The van der Waals surface area contributed by atoms with Crippen LogP contribution >= 0.6 is 19.4 Å². The van der Waals surface area contributed by atoms with Gasteiger partial charge in [-0.25, -0.2) is 9.36 Å². The summed E-state index contributed by atoms with van der Waals surface area (Å²) in [6.07, 6.45) is -0.332. The van der Waals surface area contributed by atoms with E-state index in [1.165, 1.54) is 16.8 Å². The fourth-order valence-electron chi connectivity index (χ4n) is 2.94. The fraction of sp³-hybridized carbons (Fsp3) is 0.733. The first-order chi connectivity index (χ1) is 12.2. The Morgan fingerprint density at radius 3 is 2.88 bits per heavy atom. The molecule has 146 valence electrons. The van der Waals surface area contributed by atoms with Crippen molar-refractivity contribution in [1.82, 2.24) is 9.55 Å². The van der Waals surface area contributed by atoms with Crippen molar-refractivity contribution < 1.29 is 22.9 Å². The van der Waals surface area contributed by atoms with E-state index in [4.69, 9.17) is 29.9 Å². The van der Waals surface area contributed by atoms with Crippen LogP contribution in [0.15, 0.2) is 21.9 Å². The van der Waals surface area contributed by atoms with Crippen LogP contribution in [0.2, 0.25) is 0 Å². The lowest BCUT2D eigenvalue weighted by Crippen LogP contribution is -2.55. The Morgan fingerprint density at radius 2 is 2.23 bits per heavy atom. The van der Waals surface area contributed by atoms with Crippen molar-refractivity contribution in [2.75, 3.05) is 6.61 Å². The average Bonchev–Trinajstić information content (AvgIpc) is 2.59. The third-order valence-electron chi connectivity index (χ3n) is 4.60. The SMILES string of the molecule is CC[C@@H](C)O[P@]1(=O)OC[C@H]2O[C@@H](n3ccc(=O)[nH]c3=O)[C@@H](C)[C@H](Cl)[C@@H]2O1. The number of nitrogens with one attached hydrogen (secondary N) is 1. The molecular formula is C15H22ClN2O7P. The van der Waals surface area contributed by atoms with Gasteiger partial charge in [0.1, 0.15) is 18.4 Å².